The van der Waals surface area contributed by atoms with Gasteiger partial charge >= 0.3 is 0 Å². The summed E-state index contributed by atoms with van der Waals surface area (Å²) in [6, 6.07) is 6.19. The molecule has 0 N–H and O–H groups in total. The summed E-state index contributed by atoms with van der Waals surface area (Å²) in [5.74, 6) is 5.73. The van der Waals surface area contributed by atoms with E-state index in [0.29, 0.717) is 6.42 Å². The van der Waals surface area contributed by atoms with Crippen LogP contribution in [0.1, 0.15) is 25.3 Å². The van der Waals surface area contributed by atoms with Crippen molar-refractivity contribution in [3.63, 3.8) is 0 Å². The fraction of sp³-hybridized carbons (Fsp3) is 0.231. The predicted molar refractivity (Wildman–Crippen MR) is 57.3 cm³/mol. The van der Waals surface area contributed by atoms with Gasteiger partial charge in [-0.3, -0.25) is 0 Å². The smallest absolute Gasteiger partial charge is 0.123 e. The molecule has 0 saturated heterocycles. The highest BCUT2D eigenvalue weighted by molar-refractivity contribution is 5.34. The second-order valence-electron chi connectivity index (χ2n) is 3.09. The van der Waals surface area contributed by atoms with Crippen molar-refractivity contribution in [2.75, 3.05) is 0 Å². The first-order valence-corrected chi connectivity index (χ1v) is 4.63. The third kappa shape index (κ3) is 3.45. The standard InChI is InChI=1S/C13H13F/c1-3-11(2)5-4-6-12-7-9-13(14)10-8-12/h7-10H,2-3,5H2,1H3. The monoisotopic (exact) mass is 188 g/mol. The van der Waals surface area contributed by atoms with Crippen molar-refractivity contribution in [2.45, 2.75) is 19.8 Å². The molecule has 0 aromatic heterocycles. The largest absolute Gasteiger partial charge is 0.207 e. The van der Waals surface area contributed by atoms with Gasteiger partial charge in [0.1, 0.15) is 5.82 Å². The Balaban J connectivity index is 2.59. The molecule has 0 fully saturated rings. The van der Waals surface area contributed by atoms with E-state index in [0.717, 1.165) is 17.6 Å². The van der Waals surface area contributed by atoms with Crippen LogP contribution < -0.4 is 0 Å². The molecule has 1 aromatic rings. The summed E-state index contributed by atoms with van der Waals surface area (Å²) in [6.07, 6.45) is 1.67. The molecule has 0 aliphatic rings. The molecular formula is C13H13F. The van der Waals surface area contributed by atoms with E-state index >= 15 is 0 Å². The van der Waals surface area contributed by atoms with Gasteiger partial charge in [-0.15, -0.1) is 0 Å². The van der Waals surface area contributed by atoms with Gasteiger partial charge in [-0.25, -0.2) is 4.39 Å². The molecule has 0 heterocycles. The van der Waals surface area contributed by atoms with E-state index in [-0.39, 0.29) is 5.82 Å². The zero-order valence-electron chi connectivity index (χ0n) is 8.31. The minimum absolute atomic E-state index is 0.228. The molecule has 0 atom stereocenters. The van der Waals surface area contributed by atoms with Gasteiger partial charge in [0.2, 0.25) is 0 Å². The van der Waals surface area contributed by atoms with Crippen LogP contribution in [0.3, 0.4) is 0 Å². The highest BCUT2D eigenvalue weighted by Crippen LogP contribution is 2.03. The minimum atomic E-state index is -0.228. The van der Waals surface area contributed by atoms with E-state index in [1.165, 1.54) is 12.1 Å². The number of hydrogen-bond acceptors (Lipinski definition) is 0. The molecule has 1 heteroatoms. The summed E-state index contributed by atoms with van der Waals surface area (Å²) in [6.45, 7) is 5.91. The Kier molecular flexibility index (Phi) is 3.94. The van der Waals surface area contributed by atoms with Crippen LogP contribution in [-0.2, 0) is 0 Å². The van der Waals surface area contributed by atoms with Gasteiger partial charge in [0, 0.05) is 12.0 Å². The maximum atomic E-state index is 12.5. The number of halogens is 1. The molecule has 0 radical (unpaired) electrons. The van der Waals surface area contributed by atoms with E-state index in [4.69, 9.17) is 0 Å². The van der Waals surface area contributed by atoms with Crippen LogP contribution >= 0.6 is 0 Å². The lowest BCUT2D eigenvalue weighted by Gasteiger charge is -1.92. The SMILES string of the molecule is C=C(CC)CC#Cc1ccc(F)cc1. The molecule has 1 rings (SSSR count). The molecule has 14 heavy (non-hydrogen) atoms. The average Bonchev–Trinajstić information content (AvgIpc) is 2.21. The number of allylic oxidation sites excluding steroid dienone is 1. The van der Waals surface area contributed by atoms with Crippen LogP contribution in [-0.4, -0.2) is 0 Å². The van der Waals surface area contributed by atoms with E-state index in [1.54, 1.807) is 12.1 Å². The van der Waals surface area contributed by atoms with Crippen LogP contribution in [0.25, 0.3) is 0 Å². The van der Waals surface area contributed by atoms with Crippen molar-refractivity contribution in [3.8, 4) is 11.8 Å². The lowest BCUT2D eigenvalue weighted by molar-refractivity contribution is 0.627. The highest BCUT2D eigenvalue weighted by Gasteiger charge is 1.88. The summed E-state index contributed by atoms with van der Waals surface area (Å²) in [7, 11) is 0. The average molecular weight is 188 g/mol. The van der Waals surface area contributed by atoms with Gasteiger partial charge in [0.05, 0.1) is 0 Å². The molecule has 1 aromatic carbocycles. The topological polar surface area (TPSA) is 0 Å². The van der Waals surface area contributed by atoms with Crippen molar-refractivity contribution in [1.29, 1.82) is 0 Å². The molecule has 0 nitrogen and oxygen atoms in total. The van der Waals surface area contributed by atoms with Crippen LogP contribution in [0, 0.1) is 17.7 Å². The quantitative estimate of drug-likeness (QED) is 0.492. The number of hydrogen-bond donors (Lipinski definition) is 0. The van der Waals surface area contributed by atoms with Crippen LogP contribution in [0.5, 0.6) is 0 Å². The second-order valence-corrected chi connectivity index (χ2v) is 3.09. The van der Waals surface area contributed by atoms with E-state index in [9.17, 15) is 4.39 Å². The number of benzene rings is 1. The summed E-state index contributed by atoms with van der Waals surface area (Å²) in [5, 5.41) is 0. The Morgan fingerprint density at radius 3 is 2.57 bits per heavy atom. The zero-order valence-corrected chi connectivity index (χ0v) is 8.31. The molecule has 0 unspecified atom stereocenters. The molecule has 0 amide bonds. The first-order valence-electron chi connectivity index (χ1n) is 4.63. The minimum Gasteiger partial charge on any atom is -0.207 e. The van der Waals surface area contributed by atoms with Crippen LogP contribution in [0.4, 0.5) is 4.39 Å². The molecule has 0 aliphatic carbocycles. The second kappa shape index (κ2) is 5.24. The third-order valence-electron chi connectivity index (χ3n) is 1.92. The molecule has 0 spiro atoms. The summed E-state index contributed by atoms with van der Waals surface area (Å²) in [4.78, 5) is 0. The Hall–Kier alpha value is -1.55. The maximum absolute atomic E-state index is 12.5. The summed E-state index contributed by atoms with van der Waals surface area (Å²) < 4.78 is 12.5. The van der Waals surface area contributed by atoms with Gasteiger partial charge < -0.3 is 0 Å². The molecule has 0 aliphatic heterocycles. The lowest BCUT2D eigenvalue weighted by Crippen LogP contribution is -1.77. The van der Waals surface area contributed by atoms with E-state index < -0.39 is 0 Å². The highest BCUT2D eigenvalue weighted by atomic mass is 19.1. The Morgan fingerprint density at radius 2 is 2.00 bits per heavy atom. The van der Waals surface area contributed by atoms with Crippen molar-refractivity contribution < 1.29 is 4.39 Å². The number of rotatable bonds is 2. The van der Waals surface area contributed by atoms with Crippen molar-refractivity contribution >= 4 is 0 Å². The Morgan fingerprint density at radius 1 is 1.36 bits per heavy atom. The Bertz CT molecular complexity index is 362. The predicted octanol–water partition coefficient (Wildman–Crippen LogP) is 3.53. The van der Waals surface area contributed by atoms with E-state index in [2.05, 4.69) is 25.3 Å². The van der Waals surface area contributed by atoms with Gasteiger partial charge in [-0.2, -0.15) is 0 Å². The normalized spacial score (nSPS) is 9.00. The molecule has 0 saturated carbocycles. The van der Waals surface area contributed by atoms with E-state index in [1.807, 2.05) is 0 Å². The summed E-state index contributed by atoms with van der Waals surface area (Å²) in [5.41, 5.74) is 1.97. The fourth-order valence-corrected chi connectivity index (χ4v) is 0.929. The van der Waals surface area contributed by atoms with Crippen molar-refractivity contribution in [3.05, 3.63) is 47.8 Å². The fourth-order valence-electron chi connectivity index (χ4n) is 0.929. The van der Waals surface area contributed by atoms with Gasteiger partial charge in [0.15, 0.2) is 0 Å². The first-order chi connectivity index (χ1) is 6.72. The zero-order chi connectivity index (χ0) is 10.4. The van der Waals surface area contributed by atoms with Crippen molar-refractivity contribution in [1.82, 2.24) is 0 Å². The van der Waals surface area contributed by atoms with Crippen molar-refractivity contribution in [2.24, 2.45) is 0 Å². The Labute approximate surface area is 84.5 Å². The van der Waals surface area contributed by atoms with Gasteiger partial charge in [-0.05, 0) is 30.7 Å². The van der Waals surface area contributed by atoms with Crippen LogP contribution in [0.15, 0.2) is 36.4 Å². The molecule has 0 bridgehead atoms. The first kappa shape index (κ1) is 10.5. The molecule has 72 valence electrons. The third-order valence-corrected chi connectivity index (χ3v) is 1.92. The van der Waals surface area contributed by atoms with Gasteiger partial charge in [-0.1, -0.05) is 30.9 Å². The lowest BCUT2D eigenvalue weighted by atomic mass is 10.1. The molecular weight excluding hydrogens is 175 g/mol. The van der Waals surface area contributed by atoms with Crippen LogP contribution in [0.2, 0.25) is 0 Å². The van der Waals surface area contributed by atoms with Gasteiger partial charge in [0.25, 0.3) is 0 Å². The summed E-state index contributed by atoms with van der Waals surface area (Å²) >= 11 is 0. The maximum Gasteiger partial charge on any atom is 0.123 e.